The van der Waals surface area contributed by atoms with Gasteiger partial charge < -0.3 is 15.4 Å². The third-order valence-corrected chi connectivity index (χ3v) is 5.54. The number of nitrogens with one attached hydrogen (secondary N) is 2. The number of carbonyl (C=O) groups excluding carboxylic acids is 1. The summed E-state index contributed by atoms with van der Waals surface area (Å²) in [6.07, 6.45) is 3.81. The maximum atomic E-state index is 12.7. The lowest BCUT2D eigenvalue weighted by atomic mass is 10.1. The summed E-state index contributed by atoms with van der Waals surface area (Å²) in [6, 6.07) is 11.6. The minimum atomic E-state index is -1.11. The van der Waals surface area contributed by atoms with Gasteiger partial charge in [-0.25, -0.2) is 4.98 Å². The summed E-state index contributed by atoms with van der Waals surface area (Å²) in [5.74, 6) is -1.42. The van der Waals surface area contributed by atoms with Crippen molar-refractivity contribution in [3.63, 3.8) is 0 Å². The van der Waals surface area contributed by atoms with E-state index < -0.39 is 24.3 Å². The Labute approximate surface area is 209 Å². The first-order valence-electron chi connectivity index (χ1n) is 10.4. The summed E-state index contributed by atoms with van der Waals surface area (Å²) in [4.78, 5) is 31.5. The first kappa shape index (κ1) is 24.1. The average Bonchev–Trinajstić information content (AvgIpc) is 3.48. The average molecular weight is 512 g/mol. The number of aromatic amines is 1. The summed E-state index contributed by atoms with van der Waals surface area (Å²) in [6.45, 7) is 1.96. The molecule has 3 N–H and O–H groups in total. The number of tetrazole rings is 1. The Bertz CT molecular complexity index is 1380. The van der Waals surface area contributed by atoms with Crippen LogP contribution in [0.15, 0.2) is 54.9 Å². The van der Waals surface area contributed by atoms with Gasteiger partial charge in [-0.2, -0.15) is 4.68 Å². The van der Waals surface area contributed by atoms with E-state index >= 15 is 0 Å². The Morgan fingerprint density at radius 1 is 1.20 bits per heavy atom. The van der Waals surface area contributed by atoms with Crippen molar-refractivity contribution in [2.75, 3.05) is 0 Å². The molecule has 2 aromatic heterocycles. The van der Waals surface area contributed by atoms with Gasteiger partial charge in [-0.05, 0) is 41.6 Å². The fourth-order valence-electron chi connectivity index (χ4n) is 3.35. The third kappa shape index (κ3) is 5.92. The molecule has 0 saturated carbocycles. The van der Waals surface area contributed by atoms with E-state index in [9.17, 15) is 14.7 Å². The van der Waals surface area contributed by atoms with Crippen LogP contribution in [0.1, 0.15) is 29.4 Å². The minimum Gasteiger partial charge on any atom is -0.481 e. The molecule has 10 nitrogen and oxygen atoms in total. The largest absolute Gasteiger partial charge is 0.481 e. The van der Waals surface area contributed by atoms with Crippen molar-refractivity contribution in [2.24, 2.45) is 0 Å². The Hall–Kier alpha value is -4.02. The number of imidazole rings is 1. The van der Waals surface area contributed by atoms with Crippen LogP contribution >= 0.6 is 23.2 Å². The monoisotopic (exact) mass is 511 g/mol. The van der Waals surface area contributed by atoms with Crippen molar-refractivity contribution in [1.82, 2.24) is 35.5 Å². The predicted octanol–water partition coefficient (Wildman–Crippen LogP) is 4.01. The number of hydrogen-bond acceptors (Lipinski definition) is 6. The molecule has 2 heterocycles. The van der Waals surface area contributed by atoms with Gasteiger partial charge >= 0.3 is 5.97 Å². The summed E-state index contributed by atoms with van der Waals surface area (Å²) in [7, 11) is 0. The van der Waals surface area contributed by atoms with Crippen LogP contribution in [0.4, 0.5) is 0 Å². The molecule has 0 aliphatic rings. The smallest absolute Gasteiger partial charge is 0.305 e. The highest BCUT2D eigenvalue weighted by Gasteiger charge is 2.23. The van der Waals surface area contributed by atoms with Crippen LogP contribution in [-0.2, 0) is 9.59 Å². The molecule has 2 aromatic carbocycles. The normalized spacial score (nSPS) is 12.1. The second-order valence-corrected chi connectivity index (χ2v) is 8.41. The Balaban J connectivity index is 1.57. The number of aromatic nitrogens is 6. The molecule has 35 heavy (non-hydrogen) atoms. The van der Waals surface area contributed by atoms with E-state index in [1.54, 1.807) is 18.2 Å². The highest BCUT2D eigenvalue weighted by Crippen LogP contribution is 2.28. The number of aryl methyl sites for hydroxylation is 1. The second kappa shape index (κ2) is 10.5. The molecule has 178 valence electrons. The molecule has 0 bridgehead atoms. The standard InChI is InChI=1S/C23H19Cl2N7O3/c1-13-2-4-14(5-3-13)21-22(25)29-23(28-21)17(11-20(34)35)27-19(33)9-6-15-10-16(24)7-8-18(15)32-12-26-30-31-32/h2-10,12,17H,11H2,1H3,(H,27,33)(H,28,29)(H,34,35)/b9-6+/t17-/m0/s1. The van der Waals surface area contributed by atoms with Crippen LogP contribution in [0.25, 0.3) is 23.0 Å². The Morgan fingerprint density at radius 3 is 2.66 bits per heavy atom. The van der Waals surface area contributed by atoms with Crippen molar-refractivity contribution < 1.29 is 14.7 Å². The molecule has 0 unspecified atom stereocenters. The third-order valence-electron chi connectivity index (χ3n) is 5.03. The minimum absolute atomic E-state index is 0.229. The second-order valence-electron chi connectivity index (χ2n) is 7.60. The summed E-state index contributed by atoms with van der Waals surface area (Å²) in [5.41, 5.74) is 3.49. The van der Waals surface area contributed by atoms with Crippen LogP contribution < -0.4 is 5.32 Å². The first-order chi connectivity index (χ1) is 16.8. The number of carbonyl (C=O) groups is 2. The van der Waals surface area contributed by atoms with E-state index in [1.165, 1.54) is 23.2 Å². The summed E-state index contributed by atoms with van der Waals surface area (Å²) in [5, 5.41) is 23.8. The zero-order valence-corrected chi connectivity index (χ0v) is 19.8. The van der Waals surface area contributed by atoms with Crippen molar-refractivity contribution in [3.8, 4) is 16.9 Å². The molecule has 0 aliphatic heterocycles. The fraction of sp³-hybridized carbons (Fsp3) is 0.130. The topological polar surface area (TPSA) is 139 Å². The maximum Gasteiger partial charge on any atom is 0.305 e. The predicted molar refractivity (Wildman–Crippen MR) is 130 cm³/mol. The van der Waals surface area contributed by atoms with Crippen LogP contribution in [0, 0.1) is 6.92 Å². The van der Waals surface area contributed by atoms with Crippen LogP contribution in [0.5, 0.6) is 0 Å². The van der Waals surface area contributed by atoms with E-state index in [0.717, 1.165) is 11.1 Å². The molecule has 1 atom stereocenters. The molecule has 1 amide bonds. The van der Waals surface area contributed by atoms with Gasteiger partial charge in [-0.3, -0.25) is 9.59 Å². The number of aliphatic carboxylic acids is 1. The van der Waals surface area contributed by atoms with Crippen molar-refractivity contribution in [2.45, 2.75) is 19.4 Å². The molecular formula is C23H19Cl2N7O3. The lowest BCUT2D eigenvalue weighted by Gasteiger charge is -2.13. The molecule has 4 aromatic rings. The number of benzene rings is 2. The number of rotatable bonds is 8. The van der Waals surface area contributed by atoms with Gasteiger partial charge in [0.2, 0.25) is 5.91 Å². The number of halogens is 2. The molecule has 0 saturated heterocycles. The lowest BCUT2D eigenvalue weighted by Crippen LogP contribution is -2.29. The van der Waals surface area contributed by atoms with Crippen LogP contribution in [-0.4, -0.2) is 47.2 Å². The van der Waals surface area contributed by atoms with Gasteiger partial charge in [-0.1, -0.05) is 53.0 Å². The van der Waals surface area contributed by atoms with E-state index in [2.05, 4.69) is 30.8 Å². The molecule has 0 fully saturated rings. The van der Waals surface area contributed by atoms with Gasteiger partial charge in [0.25, 0.3) is 0 Å². The Kier molecular flexibility index (Phi) is 7.23. The van der Waals surface area contributed by atoms with Gasteiger partial charge in [0, 0.05) is 22.2 Å². The molecule has 0 aliphatic carbocycles. The first-order valence-corrected chi connectivity index (χ1v) is 11.1. The van der Waals surface area contributed by atoms with E-state index in [0.29, 0.717) is 22.0 Å². The van der Waals surface area contributed by atoms with Crippen LogP contribution in [0.3, 0.4) is 0 Å². The van der Waals surface area contributed by atoms with E-state index in [1.807, 2.05) is 31.2 Å². The Morgan fingerprint density at radius 2 is 1.97 bits per heavy atom. The SMILES string of the molecule is Cc1ccc(-c2nc([C@H](CC(=O)O)NC(=O)/C=C/c3cc(Cl)ccc3-n3cnnn3)[nH]c2Cl)cc1. The molecule has 12 heteroatoms. The fourth-order valence-corrected chi connectivity index (χ4v) is 3.78. The van der Waals surface area contributed by atoms with Crippen molar-refractivity contribution in [1.29, 1.82) is 0 Å². The van der Waals surface area contributed by atoms with E-state index in [-0.39, 0.29) is 11.0 Å². The number of hydrogen-bond donors (Lipinski definition) is 3. The van der Waals surface area contributed by atoms with Crippen LogP contribution in [0.2, 0.25) is 10.2 Å². The summed E-state index contributed by atoms with van der Waals surface area (Å²) < 4.78 is 1.43. The van der Waals surface area contributed by atoms with Crippen molar-refractivity contribution >= 4 is 41.2 Å². The van der Waals surface area contributed by atoms with Gasteiger partial charge in [0.15, 0.2) is 0 Å². The number of carboxylic acids is 1. The zero-order chi connectivity index (χ0) is 24.9. The highest BCUT2D eigenvalue weighted by atomic mass is 35.5. The maximum absolute atomic E-state index is 12.7. The van der Waals surface area contributed by atoms with E-state index in [4.69, 9.17) is 23.2 Å². The van der Waals surface area contributed by atoms with Gasteiger partial charge in [0.1, 0.15) is 23.0 Å². The number of amides is 1. The zero-order valence-electron chi connectivity index (χ0n) is 18.3. The van der Waals surface area contributed by atoms with Gasteiger partial charge in [0.05, 0.1) is 18.2 Å². The molecular weight excluding hydrogens is 493 g/mol. The highest BCUT2D eigenvalue weighted by molar-refractivity contribution is 6.32. The molecule has 0 radical (unpaired) electrons. The molecule has 0 spiro atoms. The summed E-state index contributed by atoms with van der Waals surface area (Å²) >= 11 is 12.4. The van der Waals surface area contributed by atoms with Crippen molar-refractivity contribution in [3.05, 3.63) is 82.0 Å². The molecule has 4 rings (SSSR count). The quantitative estimate of drug-likeness (QED) is 0.303. The number of nitrogens with zero attached hydrogens (tertiary/aromatic N) is 5. The lowest BCUT2D eigenvalue weighted by molar-refractivity contribution is -0.137. The van der Waals surface area contributed by atoms with Gasteiger partial charge in [-0.15, -0.1) is 5.10 Å². The number of carboxylic acid groups (broad SMARTS) is 1. The number of H-pyrrole nitrogens is 1.